The normalized spacial score (nSPS) is 10.9. The lowest BCUT2D eigenvalue weighted by molar-refractivity contribution is -0.117. The van der Waals surface area contributed by atoms with Crippen molar-refractivity contribution in [1.82, 2.24) is 9.55 Å². The van der Waals surface area contributed by atoms with E-state index in [1.54, 1.807) is 29.7 Å². The molecule has 1 N–H and O–H groups in total. The lowest BCUT2D eigenvalue weighted by Gasteiger charge is -2.10. The number of Topliss-reactive ketones (excluding diaryl/α,β-unsaturated/α-hetero) is 1. The summed E-state index contributed by atoms with van der Waals surface area (Å²) in [4.78, 5) is 43.0. The molecule has 3 aromatic rings. The minimum Gasteiger partial charge on any atom is -0.495 e. The Hall–Kier alpha value is -3.00. The Bertz CT molecular complexity index is 1150. The lowest BCUT2D eigenvalue weighted by Crippen LogP contribution is -2.26. The molecule has 1 aromatic carbocycles. The van der Waals surface area contributed by atoms with Crippen LogP contribution in [0.25, 0.3) is 10.2 Å². The number of amides is 1. The Morgan fingerprint density at radius 3 is 2.66 bits per heavy atom. The first-order valence-corrected chi connectivity index (χ1v) is 10.2. The zero-order valence-corrected chi connectivity index (χ0v) is 17.7. The van der Waals surface area contributed by atoms with Crippen molar-refractivity contribution in [3.05, 3.63) is 50.9 Å². The van der Waals surface area contributed by atoms with Gasteiger partial charge in [0, 0.05) is 19.4 Å². The maximum atomic E-state index is 13.1. The molecular formula is C21H23N3O4S. The van der Waals surface area contributed by atoms with Crippen LogP contribution >= 0.6 is 11.3 Å². The lowest BCUT2D eigenvalue weighted by atomic mass is 10.2. The van der Waals surface area contributed by atoms with Crippen LogP contribution in [0.15, 0.2) is 29.1 Å². The predicted molar refractivity (Wildman–Crippen MR) is 114 cm³/mol. The molecule has 0 unspecified atom stereocenters. The van der Waals surface area contributed by atoms with Gasteiger partial charge < -0.3 is 10.1 Å². The first kappa shape index (κ1) is 20.7. The Morgan fingerprint density at radius 1 is 1.28 bits per heavy atom. The molecule has 0 saturated carbocycles. The van der Waals surface area contributed by atoms with Crippen LogP contribution in [-0.2, 0) is 17.8 Å². The van der Waals surface area contributed by atoms with E-state index in [2.05, 4.69) is 10.3 Å². The van der Waals surface area contributed by atoms with E-state index >= 15 is 0 Å². The molecule has 0 atom stereocenters. The number of aromatic nitrogens is 2. The van der Waals surface area contributed by atoms with Crippen molar-refractivity contribution in [3.63, 3.8) is 0 Å². The molecule has 2 heterocycles. The molecule has 2 aromatic heterocycles. The smallest absolute Gasteiger partial charge is 0.266 e. The second-order valence-corrected chi connectivity index (χ2v) is 7.68. The maximum absolute atomic E-state index is 13.1. The Morgan fingerprint density at radius 2 is 2.00 bits per heavy atom. The largest absolute Gasteiger partial charge is 0.495 e. The summed E-state index contributed by atoms with van der Waals surface area (Å²) in [6.07, 6.45) is 0.827. The second kappa shape index (κ2) is 8.57. The third-order valence-corrected chi connectivity index (χ3v) is 5.88. The molecule has 3 rings (SSSR count). The number of benzene rings is 1. The number of hydrogen-bond acceptors (Lipinski definition) is 6. The van der Waals surface area contributed by atoms with Crippen LogP contribution in [0.2, 0.25) is 0 Å². The minimum atomic E-state index is -0.317. The van der Waals surface area contributed by atoms with Gasteiger partial charge in [-0.2, -0.15) is 0 Å². The summed E-state index contributed by atoms with van der Waals surface area (Å²) in [5.41, 5.74) is 0.935. The number of rotatable bonds is 7. The summed E-state index contributed by atoms with van der Waals surface area (Å²) >= 11 is 1.20. The number of carbonyl (C=O) groups excluding carboxylic acids is 2. The molecule has 0 aliphatic rings. The zero-order valence-electron chi connectivity index (χ0n) is 16.9. The van der Waals surface area contributed by atoms with Crippen LogP contribution in [-0.4, -0.2) is 28.4 Å². The Labute approximate surface area is 172 Å². The highest BCUT2D eigenvalue weighted by atomic mass is 32.1. The summed E-state index contributed by atoms with van der Waals surface area (Å²) in [5, 5.41) is 3.28. The van der Waals surface area contributed by atoms with E-state index in [1.807, 2.05) is 13.0 Å². The summed E-state index contributed by atoms with van der Waals surface area (Å²) in [7, 11) is 1.54. The molecular weight excluding hydrogens is 390 g/mol. The first-order valence-electron chi connectivity index (χ1n) is 9.34. The number of carbonyl (C=O) groups is 2. The molecule has 0 saturated heterocycles. The Balaban J connectivity index is 2.05. The van der Waals surface area contributed by atoms with Gasteiger partial charge in [0.05, 0.1) is 23.1 Å². The standard InChI is InChI=1S/C21H23N3O4S/c1-5-16-23-20-17(21(27)24(16)11-10-12(2)25)13(3)18(29-20)19(26)22-14-8-6-7-9-15(14)28-4/h6-9H,5,10-11H2,1-4H3,(H,22,26). The van der Waals surface area contributed by atoms with Gasteiger partial charge in [0.25, 0.3) is 11.5 Å². The van der Waals surface area contributed by atoms with Crippen LogP contribution in [0.4, 0.5) is 5.69 Å². The molecule has 0 radical (unpaired) electrons. The van der Waals surface area contributed by atoms with E-state index in [0.717, 1.165) is 0 Å². The number of nitrogens with zero attached hydrogens (tertiary/aromatic N) is 2. The first-order chi connectivity index (χ1) is 13.9. The highest BCUT2D eigenvalue weighted by molar-refractivity contribution is 7.20. The average molecular weight is 413 g/mol. The van der Waals surface area contributed by atoms with E-state index in [0.29, 0.717) is 44.3 Å². The van der Waals surface area contributed by atoms with Gasteiger partial charge in [-0.15, -0.1) is 11.3 Å². The third kappa shape index (κ3) is 4.07. The highest BCUT2D eigenvalue weighted by Crippen LogP contribution is 2.30. The van der Waals surface area contributed by atoms with Gasteiger partial charge in [-0.25, -0.2) is 4.98 Å². The van der Waals surface area contributed by atoms with Crippen molar-refractivity contribution >= 4 is 38.9 Å². The molecule has 0 bridgehead atoms. The van der Waals surface area contributed by atoms with Crippen molar-refractivity contribution < 1.29 is 14.3 Å². The summed E-state index contributed by atoms with van der Waals surface area (Å²) in [6, 6.07) is 7.13. The van der Waals surface area contributed by atoms with Crippen molar-refractivity contribution in [2.75, 3.05) is 12.4 Å². The van der Waals surface area contributed by atoms with Crippen LogP contribution in [0, 0.1) is 6.92 Å². The second-order valence-electron chi connectivity index (χ2n) is 6.68. The highest BCUT2D eigenvalue weighted by Gasteiger charge is 2.22. The van der Waals surface area contributed by atoms with Crippen LogP contribution < -0.4 is 15.6 Å². The number of thiophene rings is 1. The van der Waals surface area contributed by atoms with E-state index in [-0.39, 0.29) is 30.2 Å². The molecule has 7 nitrogen and oxygen atoms in total. The summed E-state index contributed by atoms with van der Waals surface area (Å²) in [6.45, 7) is 5.45. The van der Waals surface area contributed by atoms with Gasteiger partial charge in [0.15, 0.2) is 0 Å². The molecule has 0 aliphatic heterocycles. The number of ether oxygens (including phenoxy) is 1. The quantitative estimate of drug-likeness (QED) is 0.639. The third-order valence-electron chi connectivity index (χ3n) is 4.69. The zero-order chi connectivity index (χ0) is 21.1. The van der Waals surface area contributed by atoms with E-state index in [1.165, 1.54) is 25.4 Å². The number of ketones is 1. The van der Waals surface area contributed by atoms with Gasteiger partial charge in [-0.3, -0.25) is 19.0 Å². The maximum Gasteiger partial charge on any atom is 0.266 e. The van der Waals surface area contributed by atoms with Crippen molar-refractivity contribution in [1.29, 1.82) is 0 Å². The molecule has 8 heteroatoms. The molecule has 152 valence electrons. The average Bonchev–Trinajstić information content (AvgIpc) is 3.04. The van der Waals surface area contributed by atoms with E-state index in [9.17, 15) is 14.4 Å². The van der Waals surface area contributed by atoms with Crippen LogP contribution in [0.5, 0.6) is 5.75 Å². The van der Waals surface area contributed by atoms with E-state index in [4.69, 9.17) is 4.74 Å². The molecule has 29 heavy (non-hydrogen) atoms. The molecule has 0 aliphatic carbocycles. The SMILES string of the molecule is CCc1nc2sc(C(=O)Nc3ccccc3OC)c(C)c2c(=O)n1CCC(C)=O. The molecule has 0 spiro atoms. The topological polar surface area (TPSA) is 90.3 Å². The predicted octanol–water partition coefficient (Wildman–Crippen LogP) is 3.57. The number of para-hydroxylation sites is 2. The van der Waals surface area contributed by atoms with Crippen LogP contribution in [0.1, 0.15) is 41.3 Å². The monoisotopic (exact) mass is 413 g/mol. The van der Waals surface area contributed by atoms with Crippen molar-refractivity contribution in [2.45, 2.75) is 40.2 Å². The molecule has 0 fully saturated rings. The number of fused-ring (bicyclic) bond motifs is 1. The van der Waals surface area contributed by atoms with Gasteiger partial charge >= 0.3 is 0 Å². The number of methoxy groups -OCH3 is 1. The van der Waals surface area contributed by atoms with Crippen molar-refractivity contribution in [2.24, 2.45) is 0 Å². The van der Waals surface area contributed by atoms with E-state index < -0.39 is 0 Å². The summed E-state index contributed by atoms with van der Waals surface area (Å²) < 4.78 is 6.83. The van der Waals surface area contributed by atoms with Gasteiger partial charge in [0.2, 0.25) is 0 Å². The number of aryl methyl sites for hydroxylation is 2. The van der Waals surface area contributed by atoms with Gasteiger partial charge in [-0.1, -0.05) is 19.1 Å². The molecule has 1 amide bonds. The van der Waals surface area contributed by atoms with Gasteiger partial charge in [0.1, 0.15) is 22.2 Å². The van der Waals surface area contributed by atoms with Gasteiger partial charge in [-0.05, 0) is 31.5 Å². The fraction of sp³-hybridized carbons (Fsp3) is 0.333. The van der Waals surface area contributed by atoms with Crippen LogP contribution in [0.3, 0.4) is 0 Å². The van der Waals surface area contributed by atoms with Crippen molar-refractivity contribution in [3.8, 4) is 5.75 Å². The number of hydrogen-bond donors (Lipinski definition) is 1. The minimum absolute atomic E-state index is 0.0120. The number of nitrogens with one attached hydrogen (secondary N) is 1. The fourth-order valence-electron chi connectivity index (χ4n) is 3.17. The Kier molecular flexibility index (Phi) is 6.12. The summed E-state index contributed by atoms with van der Waals surface area (Å²) in [5.74, 6) is 0.861. The number of anilines is 1. The fourth-order valence-corrected chi connectivity index (χ4v) is 4.26.